The Hall–Kier alpha value is -0.590. The number of rotatable bonds is 2. The van der Waals surface area contributed by atoms with Crippen molar-refractivity contribution in [3.05, 3.63) is 10.6 Å². The zero-order chi connectivity index (χ0) is 11.5. The lowest BCUT2D eigenvalue weighted by Crippen LogP contribution is -2.46. The van der Waals surface area contributed by atoms with E-state index in [0.29, 0.717) is 5.13 Å². The van der Waals surface area contributed by atoms with Gasteiger partial charge in [0.2, 0.25) is 5.91 Å². The highest BCUT2D eigenvalue weighted by Gasteiger charge is 2.21. The predicted octanol–water partition coefficient (Wildman–Crippen LogP) is 1.40. The SMILES string of the molecule is Cc1nc(NC(=O)C2CSCCN2)sc1C. The second-order valence-electron chi connectivity index (χ2n) is 3.73. The zero-order valence-electron chi connectivity index (χ0n) is 9.37. The average Bonchev–Trinajstić information content (AvgIpc) is 2.59. The third-order valence-electron chi connectivity index (χ3n) is 2.50. The van der Waals surface area contributed by atoms with Gasteiger partial charge in [-0.3, -0.25) is 4.79 Å². The Bertz CT molecular complexity index is 366. The Labute approximate surface area is 103 Å². The van der Waals surface area contributed by atoms with Crippen LogP contribution in [0.25, 0.3) is 0 Å². The lowest BCUT2D eigenvalue weighted by atomic mass is 10.3. The molecule has 4 nitrogen and oxygen atoms in total. The molecule has 2 heterocycles. The highest BCUT2D eigenvalue weighted by molar-refractivity contribution is 7.99. The number of hydrogen-bond acceptors (Lipinski definition) is 5. The number of nitrogens with zero attached hydrogens (tertiary/aromatic N) is 1. The van der Waals surface area contributed by atoms with Crippen LogP contribution in [0.3, 0.4) is 0 Å². The fraction of sp³-hybridized carbons (Fsp3) is 0.600. The maximum Gasteiger partial charge on any atom is 0.244 e. The summed E-state index contributed by atoms with van der Waals surface area (Å²) in [7, 11) is 0. The molecule has 1 fully saturated rings. The number of amides is 1. The van der Waals surface area contributed by atoms with Crippen LogP contribution in [0.15, 0.2) is 0 Å². The molecule has 0 bridgehead atoms. The standard InChI is InChI=1S/C10H15N3OS2/c1-6-7(2)16-10(12-6)13-9(14)8-5-15-4-3-11-8/h8,11H,3-5H2,1-2H3,(H,12,13,14). The summed E-state index contributed by atoms with van der Waals surface area (Å²) in [6.45, 7) is 4.87. The first-order chi connectivity index (χ1) is 7.66. The molecule has 0 aromatic carbocycles. The minimum atomic E-state index is -0.0803. The Kier molecular flexibility index (Phi) is 3.83. The lowest BCUT2D eigenvalue weighted by Gasteiger charge is -2.21. The van der Waals surface area contributed by atoms with E-state index in [2.05, 4.69) is 15.6 Å². The molecule has 0 aliphatic carbocycles. The first-order valence-electron chi connectivity index (χ1n) is 5.23. The van der Waals surface area contributed by atoms with Crippen LogP contribution in [0, 0.1) is 13.8 Å². The van der Waals surface area contributed by atoms with Crippen molar-refractivity contribution < 1.29 is 4.79 Å². The summed E-state index contributed by atoms with van der Waals surface area (Å²) in [5, 5.41) is 6.78. The third kappa shape index (κ3) is 2.75. The van der Waals surface area contributed by atoms with Crippen LogP contribution in [-0.2, 0) is 4.79 Å². The van der Waals surface area contributed by atoms with Gasteiger partial charge >= 0.3 is 0 Å². The van der Waals surface area contributed by atoms with Crippen LogP contribution in [-0.4, -0.2) is 35.0 Å². The van der Waals surface area contributed by atoms with Gasteiger partial charge in [0.1, 0.15) is 0 Å². The van der Waals surface area contributed by atoms with Crippen molar-refractivity contribution in [3.63, 3.8) is 0 Å². The van der Waals surface area contributed by atoms with Crippen molar-refractivity contribution in [1.29, 1.82) is 0 Å². The Morgan fingerprint density at radius 3 is 2.94 bits per heavy atom. The number of carbonyl (C=O) groups excluding carboxylic acids is 1. The molecule has 1 unspecified atom stereocenters. The number of thioether (sulfide) groups is 1. The maximum absolute atomic E-state index is 11.9. The van der Waals surface area contributed by atoms with E-state index < -0.39 is 0 Å². The number of carbonyl (C=O) groups is 1. The van der Waals surface area contributed by atoms with Crippen LogP contribution in [0.5, 0.6) is 0 Å². The summed E-state index contributed by atoms with van der Waals surface area (Å²) in [6, 6.07) is -0.0803. The average molecular weight is 257 g/mol. The van der Waals surface area contributed by atoms with Crippen molar-refractivity contribution in [2.75, 3.05) is 23.4 Å². The van der Waals surface area contributed by atoms with Gasteiger partial charge < -0.3 is 10.6 Å². The van der Waals surface area contributed by atoms with E-state index in [1.54, 1.807) is 0 Å². The van der Waals surface area contributed by atoms with E-state index >= 15 is 0 Å². The van der Waals surface area contributed by atoms with E-state index in [4.69, 9.17) is 0 Å². The van der Waals surface area contributed by atoms with Crippen LogP contribution in [0.1, 0.15) is 10.6 Å². The smallest absolute Gasteiger partial charge is 0.244 e. The van der Waals surface area contributed by atoms with Gasteiger partial charge in [0, 0.05) is 22.9 Å². The number of aryl methyl sites for hydroxylation is 2. The van der Waals surface area contributed by atoms with Crippen molar-refractivity contribution in [1.82, 2.24) is 10.3 Å². The number of thiazole rings is 1. The van der Waals surface area contributed by atoms with Crippen molar-refractivity contribution in [2.24, 2.45) is 0 Å². The predicted molar refractivity (Wildman–Crippen MR) is 69.3 cm³/mol. The second kappa shape index (κ2) is 5.16. The molecule has 88 valence electrons. The zero-order valence-corrected chi connectivity index (χ0v) is 11.0. The number of anilines is 1. The number of aromatic nitrogens is 1. The normalized spacial score (nSPS) is 20.8. The Morgan fingerprint density at radius 1 is 1.56 bits per heavy atom. The van der Waals surface area contributed by atoms with E-state index in [9.17, 15) is 4.79 Å². The molecule has 1 aliphatic heterocycles. The second-order valence-corrected chi connectivity index (χ2v) is 6.08. The van der Waals surface area contributed by atoms with Gasteiger partial charge in [-0.05, 0) is 13.8 Å². The largest absolute Gasteiger partial charge is 0.304 e. The molecule has 1 amide bonds. The van der Waals surface area contributed by atoms with Gasteiger partial charge in [-0.1, -0.05) is 0 Å². The molecule has 1 saturated heterocycles. The van der Waals surface area contributed by atoms with E-state index in [1.165, 1.54) is 11.3 Å². The van der Waals surface area contributed by atoms with Crippen LogP contribution in [0.2, 0.25) is 0 Å². The molecule has 2 N–H and O–H groups in total. The highest BCUT2D eigenvalue weighted by atomic mass is 32.2. The van der Waals surface area contributed by atoms with Crippen molar-refractivity contribution in [3.8, 4) is 0 Å². The molecule has 0 radical (unpaired) electrons. The first-order valence-corrected chi connectivity index (χ1v) is 7.20. The fourth-order valence-corrected chi connectivity index (χ4v) is 3.20. The van der Waals surface area contributed by atoms with Crippen molar-refractivity contribution in [2.45, 2.75) is 19.9 Å². The minimum absolute atomic E-state index is 0.0287. The van der Waals surface area contributed by atoms with E-state index in [-0.39, 0.29) is 11.9 Å². The molecule has 1 aliphatic rings. The molecule has 1 aromatic heterocycles. The summed E-state index contributed by atoms with van der Waals surface area (Å²) in [5.41, 5.74) is 0.992. The fourth-order valence-electron chi connectivity index (χ4n) is 1.45. The van der Waals surface area contributed by atoms with Crippen LogP contribution < -0.4 is 10.6 Å². The molecule has 1 aromatic rings. The van der Waals surface area contributed by atoms with Crippen LogP contribution in [0.4, 0.5) is 5.13 Å². The van der Waals surface area contributed by atoms with Crippen molar-refractivity contribution >= 4 is 34.1 Å². The molecule has 1 atom stereocenters. The summed E-state index contributed by atoms with van der Waals surface area (Å²) in [4.78, 5) is 17.3. The highest BCUT2D eigenvalue weighted by Crippen LogP contribution is 2.21. The molecular weight excluding hydrogens is 242 g/mol. The molecular formula is C10H15N3OS2. The summed E-state index contributed by atoms with van der Waals surface area (Å²) < 4.78 is 0. The summed E-state index contributed by atoms with van der Waals surface area (Å²) in [6.07, 6.45) is 0. The van der Waals surface area contributed by atoms with Gasteiger partial charge in [0.15, 0.2) is 5.13 Å². The Morgan fingerprint density at radius 2 is 2.38 bits per heavy atom. The van der Waals surface area contributed by atoms with E-state index in [1.807, 2.05) is 25.6 Å². The van der Waals surface area contributed by atoms with Crippen LogP contribution >= 0.6 is 23.1 Å². The third-order valence-corrected chi connectivity index (χ3v) is 4.55. The summed E-state index contributed by atoms with van der Waals surface area (Å²) in [5.74, 6) is 1.95. The quantitative estimate of drug-likeness (QED) is 0.841. The maximum atomic E-state index is 11.9. The minimum Gasteiger partial charge on any atom is -0.304 e. The number of hydrogen-bond donors (Lipinski definition) is 2. The lowest BCUT2D eigenvalue weighted by molar-refractivity contribution is -0.117. The Balaban J connectivity index is 1.95. The summed E-state index contributed by atoms with van der Waals surface area (Å²) >= 11 is 3.34. The molecule has 2 rings (SSSR count). The van der Waals surface area contributed by atoms with Gasteiger partial charge in [-0.25, -0.2) is 4.98 Å². The molecule has 0 spiro atoms. The van der Waals surface area contributed by atoms with E-state index in [0.717, 1.165) is 28.6 Å². The molecule has 16 heavy (non-hydrogen) atoms. The monoisotopic (exact) mass is 257 g/mol. The topological polar surface area (TPSA) is 54.0 Å². The molecule has 0 saturated carbocycles. The molecule has 6 heteroatoms. The van der Waals surface area contributed by atoms with Gasteiger partial charge in [0.05, 0.1) is 11.7 Å². The van der Waals surface area contributed by atoms with Gasteiger partial charge in [-0.15, -0.1) is 11.3 Å². The first kappa shape index (κ1) is 11.9. The van der Waals surface area contributed by atoms with Gasteiger partial charge in [-0.2, -0.15) is 11.8 Å². The van der Waals surface area contributed by atoms with Gasteiger partial charge in [0.25, 0.3) is 0 Å². The number of nitrogens with one attached hydrogen (secondary N) is 2.